The maximum Gasteiger partial charge on any atom is 0.325 e. The van der Waals surface area contributed by atoms with Gasteiger partial charge in [0.25, 0.3) is 5.91 Å². The Morgan fingerprint density at radius 2 is 2.15 bits per heavy atom. The number of hydrogen-bond donors (Lipinski definition) is 1. The molecule has 3 amide bonds. The number of urea groups is 1. The predicted octanol–water partition coefficient (Wildman–Crippen LogP) is 2.36. The van der Waals surface area contributed by atoms with Gasteiger partial charge < -0.3 is 10.1 Å². The van der Waals surface area contributed by atoms with E-state index in [1.165, 1.54) is 4.90 Å². The largest absolute Gasteiger partial charge is 0.381 e. The first-order chi connectivity index (χ1) is 9.66. The number of amides is 3. The Balaban J connectivity index is 1.71. The van der Waals surface area contributed by atoms with Crippen LogP contribution in [0.2, 0.25) is 0 Å². The first-order valence-electron chi connectivity index (χ1n) is 6.58. The number of thiophene rings is 1. The Bertz CT molecular complexity index is 527. The Morgan fingerprint density at radius 3 is 2.80 bits per heavy atom. The lowest BCUT2D eigenvalue weighted by Crippen LogP contribution is -2.40. The minimum atomic E-state index is -0.385. The van der Waals surface area contributed by atoms with Crippen LogP contribution in [0.1, 0.15) is 18.4 Å². The number of carbonyl (C=O) groups excluding carboxylic acids is 2. The van der Waals surface area contributed by atoms with Crippen molar-refractivity contribution in [3.8, 4) is 0 Å². The number of nitrogens with one attached hydrogen (secondary N) is 1. The molecule has 1 aromatic heterocycles. The third-order valence-electron chi connectivity index (χ3n) is 3.82. The number of hydrogen-bond acceptors (Lipinski definition) is 4. The maximum atomic E-state index is 12.4. The SMILES string of the molecule is O=C1NC(C2CCOCC2)C(=O)N1Cc1ccsc1Br. The molecule has 1 atom stereocenters. The van der Waals surface area contributed by atoms with E-state index in [4.69, 9.17) is 4.74 Å². The first kappa shape index (κ1) is 14.0. The van der Waals surface area contributed by atoms with Gasteiger partial charge >= 0.3 is 6.03 Å². The molecule has 0 aromatic carbocycles. The van der Waals surface area contributed by atoms with Crippen molar-refractivity contribution in [1.82, 2.24) is 10.2 Å². The van der Waals surface area contributed by atoms with Crippen LogP contribution >= 0.6 is 27.3 Å². The molecule has 108 valence electrons. The van der Waals surface area contributed by atoms with Crippen LogP contribution in [0.5, 0.6) is 0 Å². The van der Waals surface area contributed by atoms with Gasteiger partial charge in [0.2, 0.25) is 0 Å². The van der Waals surface area contributed by atoms with Crippen molar-refractivity contribution < 1.29 is 14.3 Å². The topological polar surface area (TPSA) is 58.6 Å². The zero-order valence-corrected chi connectivity index (χ0v) is 13.2. The van der Waals surface area contributed by atoms with Crippen molar-refractivity contribution >= 4 is 39.2 Å². The molecule has 2 fully saturated rings. The molecule has 0 radical (unpaired) electrons. The summed E-state index contributed by atoms with van der Waals surface area (Å²) < 4.78 is 6.27. The van der Waals surface area contributed by atoms with Crippen molar-refractivity contribution in [3.63, 3.8) is 0 Å². The fourth-order valence-electron chi connectivity index (χ4n) is 2.66. The average molecular weight is 359 g/mol. The zero-order valence-electron chi connectivity index (χ0n) is 10.8. The monoisotopic (exact) mass is 358 g/mol. The first-order valence-corrected chi connectivity index (χ1v) is 8.25. The van der Waals surface area contributed by atoms with Gasteiger partial charge in [-0.05, 0) is 51.7 Å². The van der Waals surface area contributed by atoms with Crippen molar-refractivity contribution in [2.75, 3.05) is 13.2 Å². The van der Waals surface area contributed by atoms with E-state index in [1.54, 1.807) is 11.3 Å². The van der Waals surface area contributed by atoms with Crippen molar-refractivity contribution in [1.29, 1.82) is 0 Å². The van der Waals surface area contributed by atoms with E-state index in [9.17, 15) is 9.59 Å². The van der Waals surface area contributed by atoms with Gasteiger partial charge in [-0.2, -0.15) is 0 Å². The van der Waals surface area contributed by atoms with E-state index in [2.05, 4.69) is 21.2 Å². The van der Waals surface area contributed by atoms with E-state index in [0.29, 0.717) is 19.8 Å². The smallest absolute Gasteiger partial charge is 0.325 e. The minimum absolute atomic E-state index is 0.111. The summed E-state index contributed by atoms with van der Waals surface area (Å²) in [7, 11) is 0. The Hall–Kier alpha value is -0.920. The predicted molar refractivity (Wildman–Crippen MR) is 78.4 cm³/mol. The number of carbonyl (C=O) groups is 2. The molecule has 5 nitrogen and oxygen atoms in total. The molecule has 2 aliphatic rings. The Labute approximate surface area is 129 Å². The summed E-state index contributed by atoms with van der Waals surface area (Å²) in [4.78, 5) is 25.8. The van der Waals surface area contributed by atoms with Crippen LogP contribution in [-0.4, -0.2) is 36.1 Å². The molecular formula is C13H15BrN2O3S. The molecule has 0 saturated carbocycles. The standard InChI is InChI=1S/C13H15BrN2O3S/c14-11-9(3-6-20-11)7-16-12(17)10(15-13(16)18)8-1-4-19-5-2-8/h3,6,8,10H,1-2,4-5,7H2,(H,15,18). The van der Waals surface area contributed by atoms with Gasteiger partial charge in [0.15, 0.2) is 0 Å². The van der Waals surface area contributed by atoms with Crippen molar-refractivity contribution in [2.24, 2.45) is 5.92 Å². The van der Waals surface area contributed by atoms with Gasteiger partial charge in [-0.1, -0.05) is 0 Å². The fraction of sp³-hybridized carbons (Fsp3) is 0.538. The Morgan fingerprint density at radius 1 is 1.40 bits per heavy atom. The molecule has 0 bridgehead atoms. The highest BCUT2D eigenvalue weighted by molar-refractivity contribution is 9.11. The highest BCUT2D eigenvalue weighted by Crippen LogP contribution is 2.28. The van der Waals surface area contributed by atoms with Gasteiger partial charge in [-0.15, -0.1) is 11.3 Å². The second kappa shape index (κ2) is 5.83. The zero-order chi connectivity index (χ0) is 14.1. The van der Waals surface area contributed by atoms with E-state index >= 15 is 0 Å². The lowest BCUT2D eigenvalue weighted by atomic mass is 9.92. The molecule has 0 spiro atoms. The van der Waals surface area contributed by atoms with E-state index in [1.807, 2.05) is 11.4 Å². The van der Waals surface area contributed by atoms with Gasteiger partial charge in [0, 0.05) is 13.2 Å². The number of rotatable bonds is 3. The van der Waals surface area contributed by atoms with Gasteiger partial charge in [-0.25, -0.2) is 4.79 Å². The molecule has 7 heteroatoms. The fourth-order valence-corrected chi connectivity index (χ4v) is 3.88. The van der Waals surface area contributed by atoms with Gasteiger partial charge in [0.05, 0.1) is 10.3 Å². The normalized spacial score (nSPS) is 24.2. The van der Waals surface area contributed by atoms with Gasteiger partial charge in [-0.3, -0.25) is 9.69 Å². The molecule has 1 N–H and O–H groups in total. The summed E-state index contributed by atoms with van der Waals surface area (Å²) >= 11 is 4.99. The lowest BCUT2D eigenvalue weighted by molar-refractivity contribution is -0.129. The molecule has 2 saturated heterocycles. The lowest BCUT2D eigenvalue weighted by Gasteiger charge is -2.25. The second-order valence-electron chi connectivity index (χ2n) is 5.02. The van der Waals surface area contributed by atoms with E-state index < -0.39 is 0 Å². The van der Waals surface area contributed by atoms with E-state index in [-0.39, 0.29) is 23.9 Å². The van der Waals surface area contributed by atoms with Crippen LogP contribution in [0, 0.1) is 5.92 Å². The summed E-state index contributed by atoms with van der Waals surface area (Å²) in [5.74, 6) is 0.0797. The summed E-state index contributed by atoms with van der Waals surface area (Å²) in [6.07, 6.45) is 1.65. The quantitative estimate of drug-likeness (QED) is 0.843. The van der Waals surface area contributed by atoms with E-state index in [0.717, 1.165) is 22.2 Å². The molecular weight excluding hydrogens is 344 g/mol. The number of ether oxygens (including phenoxy) is 1. The molecule has 1 unspecified atom stereocenters. The molecule has 1 aromatic rings. The van der Waals surface area contributed by atoms with Crippen LogP contribution in [0.4, 0.5) is 4.79 Å². The Kier molecular flexibility index (Phi) is 4.09. The summed E-state index contributed by atoms with van der Waals surface area (Å²) in [5.41, 5.74) is 0.964. The van der Waals surface area contributed by atoms with Crippen LogP contribution in [0.25, 0.3) is 0 Å². The summed E-state index contributed by atoms with van der Waals surface area (Å²) in [5, 5.41) is 4.76. The van der Waals surface area contributed by atoms with Crippen molar-refractivity contribution in [3.05, 3.63) is 20.8 Å². The van der Waals surface area contributed by atoms with Crippen LogP contribution in [0.3, 0.4) is 0 Å². The second-order valence-corrected chi connectivity index (χ2v) is 7.25. The molecule has 2 aliphatic heterocycles. The molecule has 3 heterocycles. The highest BCUT2D eigenvalue weighted by atomic mass is 79.9. The molecule has 20 heavy (non-hydrogen) atoms. The number of halogens is 1. The van der Waals surface area contributed by atoms with Gasteiger partial charge in [0.1, 0.15) is 6.04 Å². The third-order valence-corrected chi connectivity index (χ3v) is 5.63. The highest BCUT2D eigenvalue weighted by Gasteiger charge is 2.42. The average Bonchev–Trinajstić information content (AvgIpc) is 2.98. The molecule has 0 aliphatic carbocycles. The summed E-state index contributed by atoms with van der Waals surface area (Å²) in [6, 6.07) is 1.25. The molecule has 3 rings (SSSR count). The van der Waals surface area contributed by atoms with Crippen molar-refractivity contribution in [2.45, 2.75) is 25.4 Å². The number of nitrogens with zero attached hydrogens (tertiary/aromatic N) is 1. The van der Waals surface area contributed by atoms with Crippen LogP contribution < -0.4 is 5.32 Å². The van der Waals surface area contributed by atoms with Crippen LogP contribution in [0.15, 0.2) is 15.2 Å². The maximum absolute atomic E-state index is 12.4. The third kappa shape index (κ3) is 2.62. The number of imide groups is 1. The summed E-state index contributed by atoms with van der Waals surface area (Å²) in [6.45, 7) is 1.66. The minimum Gasteiger partial charge on any atom is -0.381 e. The van der Waals surface area contributed by atoms with Crippen LogP contribution in [-0.2, 0) is 16.1 Å².